The van der Waals surface area contributed by atoms with Gasteiger partial charge in [0.25, 0.3) is 5.91 Å². The lowest BCUT2D eigenvalue weighted by Crippen LogP contribution is -2.33. The van der Waals surface area contributed by atoms with E-state index in [1.807, 2.05) is 13.8 Å². The molecule has 1 rings (SSSR count). The smallest absolute Gasteiger partial charge is 0.271 e. The third kappa shape index (κ3) is 4.18. The van der Waals surface area contributed by atoms with Crippen molar-refractivity contribution >= 4 is 23.3 Å². The zero-order valence-corrected chi connectivity index (χ0v) is 11.8. The maximum Gasteiger partial charge on any atom is 0.271 e. The number of rotatable bonds is 6. The molecular weight excluding hydrogens is 250 g/mol. The van der Waals surface area contributed by atoms with Crippen LogP contribution in [0.5, 0.6) is 0 Å². The molecule has 1 unspecified atom stereocenters. The zero-order chi connectivity index (χ0) is 13.5. The Kier molecular flexibility index (Phi) is 5.92. The summed E-state index contributed by atoms with van der Waals surface area (Å²) in [7, 11) is 0. The first kappa shape index (κ1) is 14.8. The second kappa shape index (κ2) is 7.21. The second-order valence-electron chi connectivity index (χ2n) is 4.22. The SMILES string of the molecule is CCCC(C)NC(=O)c1nc(NCC)ccc1Cl. The van der Waals surface area contributed by atoms with Gasteiger partial charge in [0.15, 0.2) is 0 Å². The van der Waals surface area contributed by atoms with Gasteiger partial charge in [0, 0.05) is 12.6 Å². The molecule has 100 valence electrons. The largest absolute Gasteiger partial charge is 0.370 e. The number of amides is 1. The number of anilines is 1. The van der Waals surface area contributed by atoms with Crippen LogP contribution in [0.2, 0.25) is 5.02 Å². The standard InChI is InChI=1S/C13H20ClN3O/c1-4-6-9(3)16-13(18)12-10(14)7-8-11(17-12)15-5-2/h7-9H,4-6H2,1-3H3,(H,15,17)(H,16,18). The molecule has 0 fully saturated rings. The minimum Gasteiger partial charge on any atom is -0.370 e. The summed E-state index contributed by atoms with van der Waals surface area (Å²) < 4.78 is 0. The number of nitrogens with one attached hydrogen (secondary N) is 2. The fraction of sp³-hybridized carbons (Fsp3) is 0.538. The number of pyridine rings is 1. The highest BCUT2D eigenvalue weighted by Crippen LogP contribution is 2.16. The van der Waals surface area contributed by atoms with Crippen molar-refractivity contribution in [2.45, 2.75) is 39.7 Å². The van der Waals surface area contributed by atoms with E-state index in [4.69, 9.17) is 11.6 Å². The summed E-state index contributed by atoms with van der Waals surface area (Å²) in [5.41, 5.74) is 0.276. The van der Waals surface area contributed by atoms with Crippen LogP contribution < -0.4 is 10.6 Å². The Balaban J connectivity index is 2.80. The molecule has 1 atom stereocenters. The minimum absolute atomic E-state index is 0.128. The van der Waals surface area contributed by atoms with Crippen molar-refractivity contribution in [3.63, 3.8) is 0 Å². The molecule has 0 saturated heterocycles. The van der Waals surface area contributed by atoms with Gasteiger partial charge in [0.05, 0.1) is 5.02 Å². The number of halogens is 1. The Labute approximate surface area is 113 Å². The van der Waals surface area contributed by atoms with Crippen molar-refractivity contribution in [3.05, 3.63) is 22.8 Å². The van der Waals surface area contributed by atoms with E-state index in [1.165, 1.54) is 0 Å². The van der Waals surface area contributed by atoms with E-state index in [0.717, 1.165) is 19.4 Å². The summed E-state index contributed by atoms with van der Waals surface area (Å²) in [5.74, 6) is 0.441. The Morgan fingerprint density at radius 1 is 1.44 bits per heavy atom. The molecule has 0 aliphatic heterocycles. The number of carbonyl (C=O) groups is 1. The van der Waals surface area contributed by atoms with E-state index < -0.39 is 0 Å². The first-order valence-electron chi connectivity index (χ1n) is 6.29. The van der Waals surface area contributed by atoms with Gasteiger partial charge in [-0.15, -0.1) is 0 Å². The quantitative estimate of drug-likeness (QED) is 0.834. The highest BCUT2D eigenvalue weighted by molar-refractivity contribution is 6.33. The van der Waals surface area contributed by atoms with Gasteiger partial charge < -0.3 is 10.6 Å². The van der Waals surface area contributed by atoms with Gasteiger partial charge in [-0.05, 0) is 32.4 Å². The molecule has 0 saturated carbocycles. The lowest BCUT2D eigenvalue weighted by Gasteiger charge is -2.13. The van der Waals surface area contributed by atoms with Crippen LogP contribution in [0.15, 0.2) is 12.1 Å². The normalized spacial score (nSPS) is 12.0. The average molecular weight is 270 g/mol. The maximum absolute atomic E-state index is 12.0. The Morgan fingerprint density at radius 2 is 2.17 bits per heavy atom. The minimum atomic E-state index is -0.222. The molecular formula is C13H20ClN3O. The summed E-state index contributed by atoms with van der Waals surface area (Å²) in [6.07, 6.45) is 1.97. The lowest BCUT2D eigenvalue weighted by molar-refractivity contribution is 0.0933. The summed E-state index contributed by atoms with van der Waals surface area (Å²) in [6.45, 7) is 6.78. The highest BCUT2D eigenvalue weighted by atomic mass is 35.5. The number of hydrogen-bond donors (Lipinski definition) is 2. The molecule has 1 aromatic rings. The zero-order valence-electron chi connectivity index (χ0n) is 11.1. The Bertz CT molecular complexity index is 409. The Hall–Kier alpha value is -1.29. The molecule has 5 heteroatoms. The molecule has 0 bridgehead atoms. The number of nitrogens with zero attached hydrogens (tertiary/aromatic N) is 1. The molecule has 4 nitrogen and oxygen atoms in total. The van der Waals surface area contributed by atoms with Crippen LogP contribution in [-0.4, -0.2) is 23.5 Å². The van der Waals surface area contributed by atoms with Crippen LogP contribution in [0.4, 0.5) is 5.82 Å². The monoisotopic (exact) mass is 269 g/mol. The molecule has 0 aliphatic carbocycles. The number of aromatic nitrogens is 1. The topological polar surface area (TPSA) is 54.0 Å². The molecule has 0 spiro atoms. The van der Waals surface area contributed by atoms with Crippen LogP contribution >= 0.6 is 11.6 Å². The van der Waals surface area contributed by atoms with Crippen LogP contribution in [0.3, 0.4) is 0 Å². The van der Waals surface area contributed by atoms with E-state index in [9.17, 15) is 4.79 Å². The fourth-order valence-electron chi connectivity index (χ4n) is 1.68. The third-order valence-electron chi connectivity index (χ3n) is 2.52. The fourth-order valence-corrected chi connectivity index (χ4v) is 1.87. The molecule has 1 amide bonds. The van der Waals surface area contributed by atoms with E-state index in [-0.39, 0.29) is 17.6 Å². The van der Waals surface area contributed by atoms with Crippen LogP contribution in [0.25, 0.3) is 0 Å². The molecule has 0 aromatic carbocycles. The molecule has 2 N–H and O–H groups in total. The van der Waals surface area contributed by atoms with Crippen molar-refractivity contribution < 1.29 is 4.79 Å². The highest BCUT2D eigenvalue weighted by Gasteiger charge is 2.15. The van der Waals surface area contributed by atoms with Crippen molar-refractivity contribution in [1.29, 1.82) is 0 Å². The maximum atomic E-state index is 12.0. The summed E-state index contributed by atoms with van der Waals surface area (Å²) >= 11 is 6.00. The molecule has 0 aliphatic rings. The van der Waals surface area contributed by atoms with Crippen LogP contribution in [0, 0.1) is 0 Å². The molecule has 1 heterocycles. The Morgan fingerprint density at radius 3 is 2.78 bits per heavy atom. The van der Waals surface area contributed by atoms with Gasteiger partial charge in [-0.3, -0.25) is 4.79 Å². The second-order valence-corrected chi connectivity index (χ2v) is 4.63. The molecule has 1 aromatic heterocycles. The van der Waals surface area contributed by atoms with Crippen molar-refractivity contribution in [2.24, 2.45) is 0 Å². The van der Waals surface area contributed by atoms with E-state index >= 15 is 0 Å². The van der Waals surface area contributed by atoms with Gasteiger partial charge in [-0.1, -0.05) is 24.9 Å². The number of carbonyl (C=O) groups excluding carboxylic acids is 1. The van der Waals surface area contributed by atoms with Crippen LogP contribution in [-0.2, 0) is 0 Å². The van der Waals surface area contributed by atoms with Gasteiger partial charge >= 0.3 is 0 Å². The van der Waals surface area contributed by atoms with E-state index in [2.05, 4.69) is 22.5 Å². The average Bonchev–Trinajstić information content (AvgIpc) is 2.32. The lowest BCUT2D eigenvalue weighted by atomic mass is 10.2. The molecule has 0 radical (unpaired) electrons. The van der Waals surface area contributed by atoms with E-state index in [0.29, 0.717) is 10.8 Å². The van der Waals surface area contributed by atoms with Crippen LogP contribution in [0.1, 0.15) is 44.1 Å². The van der Waals surface area contributed by atoms with Gasteiger partial charge in [-0.2, -0.15) is 0 Å². The van der Waals surface area contributed by atoms with Crippen molar-refractivity contribution in [1.82, 2.24) is 10.3 Å². The van der Waals surface area contributed by atoms with E-state index in [1.54, 1.807) is 12.1 Å². The predicted molar refractivity (Wildman–Crippen MR) is 75.2 cm³/mol. The first-order chi connectivity index (χ1) is 8.58. The predicted octanol–water partition coefficient (Wildman–Crippen LogP) is 3.09. The summed E-state index contributed by atoms with van der Waals surface area (Å²) in [6, 6.07) is 3.58. The van der Waals surface area contributed by atoms with Gasteiger partial charge in [0.1, 0.15) is 11.5 Å². The summed E-state index contributed by atoms with van der Waals surface area (Å²) in [5, 5.41) is 6.33. The van der Waals surface area contributed by atoms with Crippen molar-refractivity contribution in [3.8, 4) is 0 Å². The summed E-state index contributed by atoms with van der Waals surface area (Å²) in [4.78, 5) is 16.2. The molecule has 18 heavy (non-hydrogen) atoms. The third-order valence-corrected chi connectivity index (χ3v) is 2.82. The van der Waals surface area contributed by atoms with Gasteiger partial charge in [-0.25, -0.2) is 4.98 Å². The first-order valence-corrected chi connectivity index (χ1v) is 6.67. The van der Waals surface area contributed by atoms with Crippen molar-refractivity contribution in [2.75, 3.05) is 11.9 Å². The number of hydrogen-bond acceptors (Lipinski definition) is 3. The van der Waals surface area contributed by atoms with Gasteiger partial charge in [0.2, 0.25) is 0 Å².